The molecule has 1 aromatic heterocycles. The van der Waals surface area contributed by atoms with Crippen molar-refractivity contribution in [2.45, 2.75) is 18.7 Å². The molecule has 5 heteroatoms. The average molecular weight is 267 g/mol. The Kier molecular flexibility index (Phi) is 3.32. The zero-order valence-electron chi connectivity index (χ0n) is 10.1. The van der Waals surface area contributed by atoms with Gasteiger partial charge in [-0.15, -0.1) is 0 Å². The molecule has 0 bridgehead atoms. The number of aryl methyl sites for hydroxylation is 1. The molecule has 2 rings (SSSR count). The van der Waals surface area contributed by atoms with E-state index in [1.807, 2.05) is 0 Å². The van der Waals surface area contributed by atoms with Crippen molar-refractivity contribution >= 4 is 0 Å². The summed E-state index contributed by atoms with van der Waals surface area (Å²) in [4.78, 5) is 3.65. The van der Waals surface area contributed by atoms with Gasteiger partial charge >= 0.3 is 6.18 Å². The Balaban J connectivity index is 2.63. The minimum Gasteiger partial charge on any atom is -0.372 e. The van der Waals surface area contributed by atoms with Gasteiger partial charge in [0.25, 0.3) is 0 Å². The molecule has 1 unspecified atom stereocenters. The van der Waals surface area contributed by atoms with Gasteiger partial charge in [-0.2, -0.15) is 13.2 Å². The molecule has 1 heterocycles. The molecule has 0 aliphatic heterocycles. The fraction of sp³-hybridized carbons (Fsp3) is 0.214. The van der Waals surface area contributed by atoms with E-state index in [2.05, 4.69) is 4.98 Å². The molecule has 19 heavy (non-hydrogen) atoms. The summed E-state index contributed by atoms with van der Waals surface area (Å²) in [6, 6.07) is 8.18. The summed E-state index contributed by atoms with van der Waals surface area (Å²) < 4.78 is 39.9. The Morgan fingerprint density at radius 1 is 1.00 bits per heavy atom. The Morgan fingerprint density at radius 3 is 2.11 bits per heavy atom. The van der Waals surface area contributed by atoms with Crippen molar-refractivity contribution in [2.24, 2.45) is 0 Å². The molecular weight excluding hydrogens is 255 g/mol. The molecule has 0 amide bonds. The lowest BCUT2D eigenvalue weighted by molar-refractivity contribution is -0.248. The lowest BCUT2D eigenvalue weighted by Gasteiger charge is -2.31. The number of alkyl halides is 3. The zero-order chi connectivity index (χ0) is 14.1. The van der Waals surface area contributed by atoms with E-state index in [-0.39, 0.29) is 11.1 Å². The summed E-state index contributed by atoms with van der Waals surface area (Å²) >= 11 is 0. The topological polar surface area (TPSA) is 33.1 Å². The van der Waals surface area contributed by atoms with Crippen molar-refractivity contribution < 1.29 is 18.3 Å². The average Bonchev–Trinajstić information content (AvgIpc) is 2.38. The van der Waals surface area contributed by atoms with Gasteiger partial charge in [0, 0.05) is 18.0 Å². The predicted molar refractivity (Wildman–Crippen MR) is 64.5 cm³/mol. The molecule has 1 N–H and O–H groups in total. The van der Waals surface area contributed by atoms with Crippen LogP contribution < -0.4 is 0 Å². The molecule has 1 atom stereocenters. The largest absolute Gasteiger partial charge is 0.425 e. The van der Waals surface area contributed by atoms with Gasteiger partial charge in [0.05, 0.1) is 0 Å². The Bertz CT molecular complexity index is 551. The molecular formula is C14H12F3NO. The number of rotatable bonds is 2. The third-order valence-corrected chi connectivity index (χ3v) is 2.96. The molecule has 0 spiro atoms. The quantitative estimate of drug-likeness (QED) is 0.906. The van der Waals surface area contributed by atoms with Gasteiger partial charge in [-0.05, 0) is 18.6 Å². The summed E-state index contributed by atoms with van der Waals surface area (Å²) in [6.07, 6.45) is -2.45. The van der Waals surface area contributed by atoms with Crippen LogP contribution in [0.1, 0.15) is 16.7 Å². The maximum absolute atomic E-state index is 13.3. The second kappa shape index (κ2) is 4.66. The summed E-state index contributed by atoms with van der Waals surface area (Å²) in [5.41, 5.74) is -2.75. The molecule has 2 aromatic rings. The highest BCUT2D eigenvalue weighted by Gasteiger charge is 2.56. The number of hydrogen-bond acceptors (Lipinski definition) is 2. The van der Waals surface area contributed by atoms with E-state index in [1.165, 1.54) is 42.6 Å². The van der Waals surface area contributed by atoms with Crippen LogP contribution in [0.2, 0.25) is 0 Å². The second-order valence-corrected chi connectivity index (χ2v) is 4.32. The first-order chi connectivity index (χ1) is 8.85. The van der Waals surface area contributed by atoms with Crippen LogP contribution in [0.4, 0.5) is 13.2 Å². The Hall–Kier alpha value is -1.88. The number of halogens is 3. The third kappa shape index (κ3) is 2.33. The van der Waals surface area contributed by atoms with E-state index in [9.17, 15) is 18.3 Å². The van der Waals surface area contributed by atoms with E-state index in [0.717, 1.165) is 11.8 Å². The van der Waals surface area contributed by atoms with Crippen molar-refractivity contribution in [1.82, 2.24) is 4.98 Å². The molecule has 0 fully saturated rings. The Labute approximate surface area is 108 Å². The summed E-state index contributed by atoms with van der Waals surface area (Å²) in [6.45, 7) is 1.76. The fourth-order valence-corrected chi connectivity index (χ4v) is 1.87. The SMILES string of the molecule is Cc1ccc(C(O)(c2cccnc2)C(F)(F)F)cc1. The number of pyridine rings is 1. The van der Waals surface area contributed by atoms with E-state index >= 15 is 0 Å². The third-order valence-electron chi connectivity index (χ3n) is 2.96. The fourth-order valence-electron chi connectivity index (χ4n) is 1.87. The van der Waals surface area contributed by atoms with Gasteiger partial charge in [0.15, 0.2) is 0 Å². The van der Waals surface area contributed by atoms with Gasteiger partial charge in [0.1, 0.15) is 0 Å². The molecule has 0 aliphatic rings. The van der Waals surface area contributed by atoms with Crippen molar-refractivity contribution in [1.29, 1.82) is 0 Å². The molecule has 100 valence electrons. The lowest BCUT2D eigenvalue weighted by atomic mass is 9.86. The first-order valence-electron chi connectivity index (χ1n) is 5.62. The van der Waals surface area contributed by atoms with Crippen molar-refractivity contribution in [2.75, 3.05) is 0 Å². The summed E-state index contributed by atoms with van der Waals surface area (Å²) in [5, 5.41) is 10.2. The van der Waals surface area contributed by atoms with Crippen molar-refractivity contribution in [3.05, 3.63) is 65.5 Å². The van der Waals surface area contributed by atoms with Gasteiger partial charge in [-0.25, -0.2) is 0 Å². The zero-order valence-corrected chi connectivity index (χ0v) is 10.1. The van der Waals surface area contributed by atoms with Gasteiger partial charge in [-0.1, -0.05) is 35.9 Å². The second-order valence-electron chi connectivity index (χ2n) is 4.32. The van der Waals surface area contributed by atoms with E-state index in [4.69, 9.17) is 0 Å². The standard InChI is InChI=1S/C14H12F3NO/c1-10-4-6-11(7-5-10)13(19,14(15,16)17)12-3-2-8-18-9-12/h2-9,19H,1H3. The molecule has 2 nitrogen and oxygen atoms in total. The summed E-state index contributed by atoms with van der Waals surface area (Å²) in [5.74, 6) is 0. The van der Waals surface area contributed by atoms with Crippen molar-refractivity contribution in [3.63, 3.8) is 0 Å². The van der Waals surface area contributed by atoms with Gasteiger partial charge in [0.2, 0.25) is 5.60 Å². The molecule has 0 aliphatic carbocycles. The highest BCUT2D eigenvalue weighted by Crippen LogP contribution is 2.43. The van der Waals surface area contributed by atoms with Crippen LogP contribution in [-0.4, -0.2) is 16.3 Å². The molecule has 0 saturated heterocycles. The number of nitrogens with zero attached hydrogens (tertiary/aromatic N) is 1. The summed E-state index contributed by atoms with van der Waals surface area (Å²) in [7, 11) is 0. The van der Waals surface area contributed by atoms with Crippen LogP contribution >= 0.6 is 0 Å². The van der Waals surface area contributed by atoms with Crippen molar-refractivity contribution in [3.8, 4) is 0 Å². The smallest absolute Gasteiger partial charge is 0.372 e. The normalized spacial score (nSPS) is 15.0. The lowest BCUT2D eigenvalue weighted by Crippen LogP contribution is -2.43. The van der Waals surface area contributed by atoms with Crippen LogP contribution in [0.3, 0.4) is 0 Å². The predicted octanol–water partition coefficient (Wildman–Crippen LogP) is 3.19. The maximum atomic E-state index is 13.3. The number of benzene rings is 1. The number of aromatic nitrogens is 1. The monoisotopic (exact) mass is 267 g/mol. The first-order valence-corrected chi connectivity index (χ1v) is 5.62. The van der Waals surface area contributed by atoms with Crippen LogP contribution in [0.5, 0.6) is 0 Å². The van der Waals surface area contributed by atoms with Gasteiger partial charge < -0.3 is 5.11 Å². The van der Waals surface area contributed by atoms with Crippen LogP contribution in [0.15, 0.2) is 48.8 Å². The Morgan fingerprint density at radius 2 is 1.63 bits per heavy atom. The van der Waals surface area contributed by atoms with E-state index in [0.29, 0.717) is 0 Å². The first kappa shape index (κ1) is 13.5. The van der Waals surface area contributed by atoms with Crippen LogP contribution in [0.25, 0.3) is 0 Å². The van der Waals surface area contributed by atoms with Gasteiger partial charge in [-0.3, -0.25) is 4.98 Å². The van der Waals surface area contributed by atoms with Crippen LogP contribution in [-0.2, 0) is 5.60 Å². The number of aliphatic hydroxyl groups is 1. The maximum Gasteiger partial charge on any atom is 0.425 e. The molecule has 0 radical (unpaired) electrons. The van der Waals surface area contributed by atoms with E-state index < -0.39 is 11.8 Å². The minimum absolute atomic E-state index is 0.224. The number of hydrogen-bond donors (Lipinski definition) is 1. The molecule has 1 aromatic carbocycles. The molecule has 0 saturated carbocycles. The van der Waals surface area contributed by atoms with E-state index in [1.54, 1.807) is 6.92 Å². The minimum atomic E-state index is -4.83. The van der Waals surface area contributed by atoms with Crippen LogP contribution in [0, 0.1) is 6.92 Å². The highest BCUT2D eigenvalue weighted by atomic mass is 19.4. The highest BCUT2D eigenvalue weighted by molar-refractivity contribution is 5.37.